The van der Waals surface area contributed by atoms with Gasteiger partial charge in [-0.1, -0.05) is 63.7 Å². The molecule has 1 heterocycles. The maximum atomic E-state index is 5.30. The van der Waals surface area contributed by atoms with Crippen LogP contribution in [0.15, 0.2) is 48.0 Å². The zero-order chi connectivity index (χ0) is 22.6. The number of hydrogen-bond acceptors (Lipinski definition) is 5. The third-order valence-electron chi connectivity index (χ3n) is 4.77. The number of hydrogen-bond donors (Lipinski definition) is 3. The largest absolute Gasteiger partial charge is 0.370 e. The van der Waals surface area contributed by atoms with Gasteiger partial charge in [0.1, 0.15) is 5.82 Å². The molecule has 1 atom stereocenters. The highest BCUT2D eigenvalue weighted by Crippen LogP contribution is 2.34. The first-order valence-corrected chi connectivity index (χ1v) is 11.9. The maximum absolute atomic E-state index is 5.30. The summed E-state index contributed by atoms with van der Waals surface area (Å²) in [4.78, 5) is 6.95. The molecule has 0 amide bonds. The predicted molar refractivity (Wildman–Crippen MR) is 139 cm³/mol. The van der Waals surface area contributed by atoms with Gasteiger partial charge in [0.25, 0.3) is 0 Å². The van der Waals surface area contributed by atoms with Crippen LogP contribution in [0.1, 0.15) is 52.5 Å². The number of rotatable bonds is 13. The summed E-state index contributed by atoms with van der Waals surface area (Å²) in [5.41, 5.74) is 1.22. The van der Waals surface area contributed by atoms with E-state index in [2.05, 4.69) is 84.7 Å². The van der Waals surface area contributed by atoms with E-state index in [-0.39, 0.29) is 0 Å². The SMILES string of the molecule is C#CNCCC(CCNc1cc2cc(/C(=C/CC)SC(=C)C)ccc2cn1)NC(C)C. The minimum absolute atomic E-state index is 0.404. The zero-order valence-electron chi connectivity index (χ0n) is 19.3. The van der Waals surface area contributed by atoms with Crippen molar-refractivity contribution in [2.24, 2.45) is 0 Å². The Hall–Kier alpha value is -2.42. The molecule has 0 aliphatic heterocycles. The first kappa shape index (κ1) is 24.8. The molecule has 31 heavy (non-hydrogen) atoms. The number of nitrogens with zero attached hydrogens (tertiary/aromatic N) is 1. The number of thioether (sulfide) groups is 1. The normalized spacial score (nSPS) is 12.6. The highest BCUT2D eigenvalue weighted by molar-refractivity contribution is 8.11. The Balaban J connectivity index is 2.08. The van der Waals surface area contributed by atoms with Crippen molar-refractivity contribution in [1.82, 2.24) is 15.6 Å². The van der Waals surface area contributed by atoms with Crippen LogP contribution >= 0.6 is 11.8 Å². The molecule has 0 aliphatic carbocycles. The molecular formula is C26H36N4S. The topological polar surface area (TPSA) is 49.0 Å². The smallest absolute Gasteiger partial charge is 0.126 e. The molecule has 166 valence electrons. The number of anilines is 1. The van der Waals surface area contributed by atoms with E-state index in [1.807, 2.05) is 13.1 Å². The Kier molecular flexibility index (Phi) is 10.5. The number of pyridine rings is 1. The minimum atomic E-state index is 0.404. The molecule has 0 fully saturated rings. The van der Waals surface area contributed by atoms with E-state index in [1.165, 1.54) is 15.9 Å². The predicted octanol–water partition coefficient (Wildman–Crippen LogP) is 5.99. The van der Waals surface area contributed by atoms with E-state index in [0.29, 0.717) is 12.1 Å². The lowest BCUT2D eigenvalue weighted by Gasteiger charge is -2.21. The van der Waals surface area contributed by atoms with Gasteiger partial charge in [-0.15, -0.1) is 0 Å². The molecular weight excluding hydrogens is 400 g/mol. The molecule has 2 rings (SSSR count). The Morgan fingerprint density at radius 3 is 2.68 bits per heavy atom. The van der Waals surface area contributed by atoms with Gasteiger partial charge in [0.15, 0.2) is 0 Å². The van der Waals surface area contributed by atoms with E-state index >= 15 is 0 Å². The summed E-state index contributed by atoms with van der Waals surface area (Å²) in [5.74, 6) is 0.906. The number of aromatic nitrogens is 1. The fourth-order valence-corrected chi connectivity index (χ4v) is 4.33. The van der Waals surface area contributed by atoms with Crippen LogP contribution in [0.3, 0.4) is 0 Å². The van der Waals surface area contributed by atoms with Crippen molar-refractivity contribution in [3.8, 4) is 12.5 Å². The van der Waals surface area contributed by atoms with Crippen molar-refractivity contribution >= 4 is 33.3 Å². The third kappa shape index (κ3) is 8.69. The average Bonchev–Trinajstić information content (AvgIpc) is 2.72. The molecule has 0 aliphatic rings. The van der Waals surface area contributed by atoms with Crippen LogP contribution in [0.25, 0.3) is 15.7 Å². The van der Waals surface area contributed by atoms with Gasteiger partial charge in [-0.3, -0.25) is 0 Å². The second-order valence-corrected chi connectivity index (χ2v) is 9.35. The lowest BCUT2D eigenvalue weighted by Crippen LogP contribution is -2.37. The number of benzene rings is 1. The summed E-state index contributed by atoms with van der Waals surface area (Å²) in [6.45, 7) is 14.3. The van der Waals surface area contributed by atoms with Gasteiger partial charge >= 0.3 is 0 Å². The fourth-order valence-electron chi connectivity index (χ4n) is 3.46. The van der Waals surface area contributed by atoms with Crippen LogP contribution in [0.4, 0.5) is 5.82 Å². The molecule has 4 nitrogen and oxygen atoms in total. The molecule has 0 saturated heterocycles. The Bertz CT molecular complexity index is 927. The number of fused-ring (bicyclic) bond motifs is 1. The van der Waals surface area contributed by atoms with Gasteiger partial charge in [-0.2, -0.15) is 0 Å². The molecule has 3 N–H and O–H groups in total. The first-order chi connectivity index (χ1) is 14.9. The van der Waals surface area contributed by atoms with E-state index in [0.717, 1.165) is 48.5 Å². The van der Waals surface area contributed by atoms with Gasteiger partial charge in [0.05, 0.1) is 0 Å². The molecule has 0 saturated carbocycles. The highest BCUT2D eigenvalue weighted by Gasteiger charge is 2.10. The Morgan fingerprint density at radius 2 is 2.00 bits per heavy atom. The molecule has 1 aromatic heterocycles. The summed E-state index contributed by atoms with van der Waals surface area (Å²) in [5, 5.41) is 12.4. The Morgan fingerprint density at radius 1 is 1.23 bits per heavy atom. The summed E-state index contributed by atoms with van der Waals surface area (Å²) < 4.78 is 0. The molecule has 5 heteroatoms. The molecule has 0 radical (unpaired) electrons. The van der Waals surface area contributed by atoms with Gasteiger partial charge in [-0.05, 0) is 54.2 Å². The fraction of sp³-hybridized carbons (Fsp3) is 0.423. The summed E-state index contributed by atoms with van der Waals surface area (Å²) in [6, 6.07) is 12.0. The van der Waals surface area contributed by atoms with Crippen LogP contribution < -0.4 is 16.0 Å². The van der Waals surface area contributed by atoms with Gasteiger partial charge in [0, 0.05) is 47.7 Å². The molecule has 1 unspecified atom stereocenters. The standard InChI is InChI=1S/C26H36N4S/c1-7-9-25(31-20(5)6)21-10-11-22-18-29-26(17-23(22)16-21)28-15-13-24(30-19(3)4)12-14-27-8-2/h2,9-11,16-19,24,27,30H,5,7,12-15H2,1,3-4,6H3,(H,28,29)/b25-9-. The van der Waals surface area contributed by atoms with Crippen molar-refractivity contribution in [2.45, 2.75) is 59.0 Å². The lowest BCUT2D eigenvalue weighted by atomic mass is 10.1. The third-order valence-corrected chi connectivity index (χ3v) is 5.74. The van der Waals surface area contributed by atoms with Crippen molar-refractivity contribution in [2.75, 3.05) is 18.4 Å². The zero-order valence-corrected chi connectivity index (χ0v) is 20.1. The van der Waals surface area contributed by atoms with Crippen LogP contribution in [-0.4, -0.2) is 30.2 Å². The van der Waals surface area contributed by atoms with Crippen molar-refractivity contribution < 1.29 is 0 Å². The Labute approximate surface area is 192 Å². The summed E-state index contributed by atoms with van der Waals surface area (Å²) in [7, 11) is 0. The average molecular weight is 437 g/mol. The minimum Gasteiger partial charge on any atom is -0.370 e. The van der Waals surface area contributed by atoms with Crippen LogP contribution in [0.5, 0.6) is 0 Å². The first-order valence-electron chi connectivity index (χ1n) is 11.0. The van der Waals surface area contributed by atoms with Gasteiger partial charge in [0.2, 0.25) is 0 Å². The van der Waals surface area contributed by atoms with E-state index in [4.69, 9.17) is 6.42 Å². The van der Waals surface area contributed by atoms with Crippen LogP contribution in [0.2, 0.25) is 0 Å². The van der Waals surface area contributed by atoms with Gasteiger partial charge < -0.3 is 16.0 Å². The molecule has 0 bridgehead atoms. The second kappa shape index (κ2) is 13.1. The monoisotopic (exact) mass is 436 g/mol. The summed E-state index contributed by atoms with van der Waals surface area (Å²) in [6.07, 6.45) is 12.5. The highest BCUT2D eigenvalue weighted by atomic mass is 32.2. The second-order valence-electron chi connectivity index (χ2n) is 8.01. The quantitative estimate of drug-likeness (QED) is 0.204. The van der Waals surface area contributed by atoms with Gasteiger partial charge in [-0.25, -0.2) is 4.98 Å². The number of allylic oxidation sites excluding steroid dienone is 2. The van der Waals surface area contributed by atoms with Crippen molar-refractivity contribution in [3.63, 3.8) is 0 Å². The van der Waals surface area contributed by atoms with E-state index in [9.17, 15) is 0 Å². The van der Waals surface area contributed by atoms with Crippen molar-refractivity contribution in [1.29, 1.82) is 0 Å². The van der Waals surface area contributed by atoms with E-state index in [1.54, 1.807) is 11.8 Å². The van der Waals surface area contributed by atoms with E-state index < -0.39 is 0 Å². The maximum Gasteiger partial charge on any atom is 0.126 e. The molecule has 0 spiro atoms. The summed E-state index contributed by atoms with van der Waals surface area (Å²) >= 11 is 1.73. The number of nitrogens with one attached hydrogen (secondary N) is 3. The molecule has 1 aromatic carbocycles. The lowest BCUT2D eigenvalue weighted by molar-refractivity contribution is 0.422. The van der Waals surface area contributed by atoms with Crippen LogP contribution in [-0.2, 0) is 0 Å². The van der Waals surface area contributed by atoms with Crippen molar-refractivity contribution in [3.05, 3.63) is 53.6 Å². The molecule has 2 aromatic rings. The number of terminal acetylenes is 1. The van der Waals surface area contributed by atoms with Crippen LogP contribution in [0, 0.1) is 12.5 Å².